The lowest BCUT2D eigenvalue weighted by molar-refractivity contribution is 0.0385. The second-order valence-electron chi connectivity index (χ2n) is 7.19. The molecule has 1 aromatic carbocycles. The van der Waals surface area contributed by atoms with Crippen LogP contribution < -0.4 is 5.43 Å². The first-order valence-corrected chi connectivity index (χ1v) is 9.68. The van der Waals surface area contributed by atoms with Gasteiger partial charge in [-0.1, -0.05) is 0 Å². The van der Waals surface area contributed by atoms with Crippen LogP contribution in [-0.4, -0.2) is 45.6 Å². The molecule has 0 saturated carbocycles. The third-order valence-corrected chi connectivity index (χ3v) is 5.47. The maximum atomic E-state index is 13.4. The van der Waals surface area contributed by atoms with Crippen LogP contribution in [0.4, 0.5) is 10.2 Å². The Kier molecular flexibility index (Phi) is 4.54. The van der Waals surface area contributed by atoms with Crippen molar-refractivity contribution in [3.63, 3.8) is 0 Å². The quantitative estimate of drug-likeness (QED) is 0.754. The molecular weight excluding hydrogens is 357 g/mol. The lowest BCUT2D eigenvalue weighted by Gasteiger charge is -2.37. The van der Waals surface area contributed by atoms with Crippen LogP contribution in [0.2, 0.25) is 0 Å². The number of ether oxygens (including phenoxy) is 1. The van der Waals surface area contributed by atoms with E-state index in [1.807, 2.05) is 16.8 Å². The summed E-state index contributed by atoms with van der Waals surface area (Å²) in [4.78, 5) is 4.15. The van der Waals surface area contributed by atoms with Gasteiger partial charge in [0.15, 0.2) is 0 Å². The van der Waals surface area contributed by atoms with Gasteiger partial charge in [0, 0.05) is 43.8 Å². The molecule has 144 valence electrons. The summed E-state index contributed by atoms with van der Waals surface area (Å²) in [6.07, 6.45) is 5.62. The minimum absolute atomic E-state index is 0.248. The van der Waals surface area contributed by atoms with Crippen LogP contribution in [0.15, 0.2) is 48.8 Å². The fourth-order valence-corrected chi connectivity index (χ4v) is 4.00. The molecule has 0 unspecified atom stereocenters. The van der Waals surface area contributed by atoms with E-state index in [0.29, 0.717) is 6.04 Å². The summed E-state index contributed by atoms with van der Waals surface area (Å²) in [5, 5.41) is 7.18. The monoisotopic (exact) mass is 379 g/mol. The van der Waals surface area contributed by atoms with Crippen LogP contribution >= 0.6 is 0 Å². The molecule has 5 rings (SSSR count). The first kappa shape index (κ1) is 17.3. The predicted molar refractivity (Wildman–Crippen MR) is 105 cm³/mol. The fraction of sp³-hybridized carbons (Fsp3) is 0.333. The van der Waals surface area contributed by atoms with Crippen molar-refractivity contribution in [2.75, 3.05) is 25.2 Å². The van der Waals surface area contributed by atoms with Gasteiger partial charge in [-0.2, -0.15) is 5.10 Å². The molecule has 2 aliphatic rings. The average molecular weight is 379 g/mol. The summed E-state index contributed by atoms with van der Waals surface area (Å²) in [7, 11) is 0. The zero-order chi connectivity index (χ0) is 18.9. The molecule has 3 aromatic rings. The maximum Gasteiger partial charge on any atom is 0.147 e. The highest BCUT2D eigenvalue weighted by molar-refractivity contribution is 5.88. The SMILES string of the molecule is Fc1ccc(-c2nn3c(c2-c2ccncc2)NN(C2CCOCC2)CC3)cc1. The summed E-state index contributed by atoms with van der Waals surface area (Å²) in [6, 6.07) is 10.9. The second-order valence-corrected chi connectivity index (χ2v) is 7.19. The van der Waals surface area contributed by atoms with Gasteiger partial charge in [-0.05, 0) is 54.8 Å². The number of aromatic nitrogens is 3. The van der Waals surface area contributed by atoms with Gasteiger partial charge in [0.05, 0.1) is 12.1 Å². The predicted octanol–water partition coefficient (Wildman–Crippen LogP) is 3.57. The second kappa shape index (κ2) is 7.33. The number of fused-ring (bicyclic) bond motifs is 1. The van der Waals surface area contributed by atoms with E-state index in [-0.39, 0.29) is 5.82 Å². The Morgan fingerprint density at radius 1 is 0.964 bits per heavy atom. The van der Waals surface area contributed by atoms with Gasteiger partial charge in [-0.25, -0.2) is 14.1 Å². The van der Waals surface area contributed by atoms with Gasteiger partial charge in [0.2, 0.25) is 0 Å². The number of hydrazine groups is 1. The van der Waals surface area contributed by atoms with Gasteiger partial charge in [-0.15, -0.1) is 0 Å². The number of hydrogen-bond acceptors (Lipinski definition) is 5. The maximum absolute atomic E-state index is 13.4. The number of anilines is 1. The van der Waals surface area contributed by atoms with Crippen molar-refractivity contribution in [3.05, 3.63) is 54.6 Å². The molecule has 0 amide bonds. The van der Waals surface area contributed by atoms with Crippen molar-refractivity contribution < 1.29 is 9.13 Å². The number of nitrogens with one attached hydrogen (secondary N) is 1. The topological polar surface area (TPSA) is 55.2 Å². The fourth-order valence-electron chi connectivity index (χ4n) is 4.00. The Bertz CT molecular complexity index is 951. The van der Waals surface area contributed by atoms with E-state index >= 15 is 0 Å². The minimum atomic E-state index is -0.248. The minimum Gasteiger partial charge on any atom is -0.381 e. The molecule has 2 aromatic heterocycles. The Morgan fingerprint density at radius 2 is 1.71 bits per heavy atom. The number of benzene rings is 1. The molecule has 1 fully saturated rings. The van der Waals surface area contributed by atoms with E-state index < -0.39 is 0 Å². The third-order valence-electron chi connectivity index (χ3n) is 5.47. The van der Waals surface area contributed by atoms with Gasteiger partial charge in [0.25, 0.3) is 0 Å². The van der Waals surface area contributed by atoms with Crippen LogP contribution in [0.1, 0.15) is 12.8 Å². The Morgan fingerprint density at radius 3 is 2.46 bits per heavy atom. The summed E-state index contributed by atoms with van der Waals surface area (Å²) in [6.45, 7) is 3.30. The Balaban J connectivity index is 1.58. The van der Waals surface area contributed by atoms with Crippen molar-refractivity contribution in [1.82, 2.24) is 19.8 Å². The lowest BCUT2D eigenvalue weighted by Crippen LogP contribution is -2.47. The normalized spacial score (nSPS) is 17.9. The summed E-state index contributed by atoms with van der Waals surface area (Å²) in [5.41, 5.74) is 7.42. The smallest absolute Gasteiger partial charge is 0.147 e. The molecule has 7 heteroatoms. The van der Waals surface area contributed by atoms with Crippen molar-refractivity contribution in [1.29, 1.82) is 0 Å². The molecule has 6 nitrogen and oxygen atoms in total. The molecule has 0 aliphatic carbocycles. The molecule has 28 heavy (non-hydrogen) atoms. The number of rotatable bonds is 3. The van der Waals surface area contributed by atoms with Crippen LogP contribution in [-0.2, 0) is 11.3 Å². The van der Waals surface area contributed by atoms with Crippen molar-refractivity contribution in [2.45, 2.75) is 25.4 Å². The van der Waals surface area contributed by atoms with Gasteiger partial charge >= 0.3 is 0 Å². The van der Waals surface area contributed by atoms with Gasteiger partial charge in [-0.3, -0.25) is 4.98 Å². The van der Waals surface area contributed by atoms with E-state index in [2.05, 4.69) is 15.4 Å². The molecular formula is C21H22FN5O. The molecule has 2 aliphatic heterocycles. The van der Waals surface area contributed by atoms with E-state index in [1.165, 1.54) is 12.1 Å². The van der Waals surface area contributed by atoms with Crippen LogP contribution in [0.25, 0.3) is 22.4 Å². The molecule has 1 saturated heterocycles. The number of hydrogen-bond donors (Lipinski definition) is 1. The average Bonchev–Trinajstić information content (AvgIpc) is 3.14. The first-order chi connectivity index (χ1) is 13.8. The molecule has 4 heterocycles. The van der Waals surface area contributed by atoms with Crippen LogP contribution in [0, 0.1) is 5.82 Å². The van der Waals surface area contributed by atoms with E-state index in [9.17, 15) is 4.39 Å². The van der Waals surface area contributed by atoms with Crippen LogP contribution in [0.3, 0.4) is 0 Å². The third kappa shape index (κ3) is 3.16. The molecule has 0 radical (unpaired) electrons. The van der Waals surface area contributed by atoms with Crippen molar-refractivity contribution in [2.24, 2.45) is 0 Å². The van der Waals surface area contributed by atoms with Gasteiger partial charge < -0.3 is 10.2 Å². The number of nitrogens with zero attached hydrogens (tertiary/aromatic N) is 4. The Hall–Kier alpha value is -2.77. The van der Waals surface area contributed by atoms with E-state index in [0.717, 1.165) is 67.3 Å². The van der Waals surface area contributed by atoms with Crippen molar-refractivity contribution >= 4 is 5.82 Å². The zero-order valence-corrected chi connectivity index (χ0v) is 15.5. The lowest BCUT2D eigenvalue weighted by atomic mass is 10.0. The highest BCUT2D eigenvalue weighted by Crippen LogP contribution is 2.39. The van der Waals surface area contributed by atoms with Crippen LogP contribution in [0.5, 0.6) is 0 Å². The molecule has 1 N–H and O–H groups in total. The summed E-state index contributed by atoms with van der Waals surface area (Å²) >= 11 is 0. The Labute approximate surface area is 162 Å². The summed E-state index contributed by atoms with van der Waals surface area (Å²) < 4.78 is 21.0. The van der Waals surface area contributed by atoms with E-state index in [1.54, 1.807) is 24.5 Å². The largest absolute Gasteiger partial charge is 0.381 e. The number of halogens is 1. The highest BCUT2D eigenvalue weighted by atomic mass is 19.1. The zero-order valence-electron chi connectivity index (χ0n) is 15.5. The molecule has 0 bridgehead atoms. The highest BCUT2D eigenvalue weighted by Gasteiger charge is 2.29. The number of pyridine rings is 1. The van der Waals surface area contributed by atoms with E-state index in [4.69, 9.17) is 9.84 Å². The first-order valence-electron chi connectivity index (χ1n) is 9.68. The standard InChI is InChI=1S/C21H22FN5O/c22-17-3-1-16(2-4-17)20-19(15-5-9-23-10-6-15)21-25-26(11-12-27(21)24-20)18-7-13-28-14-8-18/h1-6,9-10,18,25H,7-8,11-14H2. The summed E-state index contributed by atoms with van der Waals surface area (Å²) in [5.74, 6) is 0.727. The molecule has 0 atom stereocenters. The molecule has 0 spiro atoms. The van der Waals surface area contributed by atoms with Crippen molar-refractivity contribution in [3.8, 4) is 22.4 Å². The van der Waals surface area contributed by atoms with Gasteiger partial charge in [0.1, 0.15) is 17.3 Å².